The Hall–Kier alpha value is -3.32. The molecule has 0 saturated heterocycles. The third-order valence-electron chi connectivity index (χ3n) is 4.61. The van der Waals surface area contributed by atoms with Crippen LogP contribution in [0.5, 0.6) is 11.5 Å². The maximum atomic E-state index is 12.7. The van der Waals surface area contributed by atoms with Gasteiger partial charge in [-0.25, -0.2) is 4.79 Å². The Bertz CT molecular complexity index is 1090. The van der Waals surface area contributed by atoms with Crippen LogP contribution in [0.1, 0.15) is 28.4 Å². The Labute approximate surface area is 185 Å². The third-order valence-corrected chi connectivity index (χ3v) is 5.50. The molecule has 0 atom stereocenters. The second-order valence-electron chi connectivity index (χ2n) is 6.91. The second-order valence-corrected chi connectivity index (χ2v) is 7.79. The van der Waals surface area contributed by atoms with Gasteiger partial charge in [0.05, 0.1) is 13.7 Å². The van der Waals surface area contributed by atoms with Gasteiger partial charge in [-0.2, -0.15) is 0 Å². The van der Waals surface area contributed by atoms with E-state index in [0.29, 0.717) is 22.1 Å². The smallest absolute Gasteiger partial charge is 0.341 e. The number of aryl methyl sites for hydroxylation is 2. The average molecular weight is 440 g/mol. The van der Waals surface area contributed by atoms with Crippen LogP contribution in [-0.4, -0.2) is 32.2 Å². The zero-order valence-corrected chi connectivity index (χ0v) is 18.8. The first kappa shape index (κ1) is 22.4. The minimum absolute atomic E-state index is 0.202. The van der Waals surface area contributed by atoms with Crippen LogP contribution in [-0.2, 0) is 9.53 Å². The van der Waals surface area contributed by atoms with Crippen molar-refractivity contribution in [1.82, 2.24) is 0 Å². The second kappa shape index (κ2) is 10.1. The molecule has 0 radical (unpaired) electrons. The van der Waals surface area contributed by atoms with E-state index in [2.05, 4.69) is 11.4 Å². The highest BCUT2D eigenvalue weighted by molar-refractivity contribution is 7.15. The molecule has 3 rings (SSSR count). The number of carbonyl (C=O) groups is 2. The number of esters is 1. The summed E-state index contributed by atoms with van der Waals surface area (Å²) in [6, 6.07) is 13.0. The van der Waals surface area contributed by atoms with E-state index in [9.17, 15) is 9.59 Å². The number of rotatable bonds is 8. The van der Waals surface area contributed by atoms with Crippen LogP contribution in [0.15, 0.2) is 47.8 Å². The van der Waals surface area contributed by atoms with Crippen molar-refractivity contribution in [1.29, 1.82) is 0 Å². The number of benzene rings is 2. The van der Waals surface area contributed by atoms with E-state index in [4.69, 9.17) is 14.2 Å². The van der Waals surface area contributed by atoms with Gasteiger partial charge in [0.25, 0.3) is 5.91 Å². The standard InChI is InChI=1S/C24H25NO5S/c1-5-29-24(27)22-20(19-10-9-15(2)11-16(19)3)14-31-23(22)25-21(26)13-30-18-8-6-7-17(12-18)28-4/h6-12,14H,5,13H2,1-4H3,(H,25,26). The number of ether oxygens (including phenoxy) is 3. The zero-order valence-electron chi connectivity index (χ0n) is 18.0. The Kier molecular flexibility index (Phi) is 7.31. The highest BCUT2D eigenvalue weighted by Gasteiger charge is 2.23. The van der Waals surface area contributed by atoms with Crippen LogP contribution in [0.2, 0.25) is 0 Å². The number of anilines is 1. The summed E-state index contributed by atoms with van der Waals surface area (Å²) < 4.78 is 16.0. The topological polar surface area (TPSA) is 73.9 Å². The Balaban J connectivity index is 1.82. The summed E-state index contributed by atoms with van der Waals surface area (Å²) in [6.07, 6.45) is 0. The van der Waals surface area contributed by atoms with Gasteiger partial charge in [0.1, 0.15) is 22.1 Å². The largest absolute Gasteiger partial charge is 0.497 e. The molecule has 1 aromatic heterocycles. The van der Waals surface area contributed by atoms with Crippen LogP contribution in [0.3, 0.4) is 0 Å². The number of thiophene rings is 1. The minimum Gasteiger partial charge on any atom is -0.497 e. The van der Waals surface area contributed by atoms with Crippen molar-refractivity contribution < 1.29 is 23.8 Å². The van der Waals surface area contributed by atoms with Gasteiger partial charge in [0.15, 0.2) is 6.61 Å². The molecule has 7 heteroatoms. The summed E-state index contributed by atoms with van der Waals surface area (Å²) in [5.41, 5.74) is 4.21. The Morgan fingerprint density at radius 1 is 1.03 bits per heavy atom. The Morgan fingerprint density at radius 3 is 2.52 bits per heavy atom. The van der Waals surface area contributed by atoms with Crippen LogP contribution >= 0.6 is 11.3 Å². The van der Waals surface area contributed by atoms with Crippen molar-refractivity contribution in [3.63, 3.8) is 0 Å². The lowest BCUT2D eigenvalue weighted by Crippen LogP contribution is -2.21. The van der Waals surface area contributed by atoms with Gasteiger partial charge in [-0.1, -0.05) is 29.8 Å². The number of hydrogen-bond donors (Lipinski definition) is 1. The van der Waals surface area contributed by atoms with Crippen molar-refractivity contribution >= 4 is 28.2 Å². The lowest BCUT2D eigenvalue weighted by atomic mass is 9.97. The van der Waals surface area contributed by atoms with Crippen LogP contribution < -0.4 is 14.8 Å². The van der Waals surface area contributed by atoms with Crippen LogP contribution in [0.4, 0.5) is 5.00 Å². The molecule has 31 heavy (non-hydrogen) atoms. The van der Waals surface area contributed by atoms with Crippen LogP contribution in [0, 0.1) is 13.8 Å². The summed E-state index contributed by atoms with van der Waals surface area (Å²) in [4.78, 5) is 25.2. The molecule has 0 aliphatic rings. The minimum atomic E-state index is -0.470. The molecule has 2 aromatic carbocycles. The molecule has 0 aliphatic heterocycles. The van der Waals surface area contributed by atoms with Crippen molar-refractivity contribution in [3.8, 4) is 22.6 Å². The summed E-state index contributed by atoms with van der Waals surface area (Å²) in [6.45, 7) is 5.81. The van der Waals surface area contributed by atoms with Gasteiger partial charge < -0.3 is 19.5 Å². The number of carbonyl (C=O) groups excluding carboxylic acids is 2. The van der Waals surface area contributed by atoms with Gasteiger partial charge in [-0.05, 0) is 44.0 Å². The summed E-state index contributed by atoms with van der Waals surface area (Å²) in [5.74, 6) is 0.311. The molecule has 0 spiro atoms. The lowest BCUT2D eigenvalue weighted by molar-refractivity contribution is -0.118. The molecule has 0 unspecified atom stereocenters. The molecular weight excluding hydrogens is 414 g/mol. The van der Waals surface area contributed by atoms with E-state index in [-0.39, 0.29) is 19.1 Å². The maximum absolute atomic E-state index is 12.7. The fourth-order valence-corrected chi connectivity index (χ4v) is 4.14. The van der Waals surface area contributed by atoms with Gasteiger partial charge in [-0.15, -0.1) is 11.3 Å². The fourth-order valence-electron chi connectivity index (χ4n) is 3.17. The monoisotopic (exact) mass is 439 g/mol. The zero-order chi connectivity index (χ0) is 22.4. The van der Waals surface area contributed by atoms with Gasteiger partial charge in [0, 0.05) is 17.0 Å². The molecule has 3 aromatic rings. The fraction of sp³-hybridized carbons (Fsp3) is 0.250. The van der Waals surface area contributed by atoms with Crippen molar-refractivity contribution in [2.24, 2.45) is 0 Å². The number of methoxy groups -OCH3 is 1. The molecule has 1 heterocycles. The first-order valence-corrected chi connectivity index (χ1v) is 10.7. The predicted octanol–water partition coefficient (Wildman–Crippen LogP) is 5.23. The first-order chi connectivity index (χ1) is 14.9. The van der Waals surface area contributed by atoms with Gasteiger partial charge >= 0.3 is 5.97 Å². The van der Waals surface area contributed by atoms with Crippen LogP contribution in [0.25, 0.3) is 11.1 Å². The molecule has 0 aliphatic carbocycles. The van der Waals surface area contributed by atoms with Crippen molar-refractivity contribution in [3.05, 3.63) is 64.5 Å². The summed E-state index contributed by atoms with van der Waals surface area (Å²) in [5, 5.41) is 5.09. The highest BCUT2D eigenvalue weighted by Crippen LogP contribution is 2.38. The van der Waals surface area contributed by atoms with E-state index in [1.54, 1.807) is 38.3 Å². The molecule has 0 fully saturated rings. The summed E-state index contributed by atoms with van der Waals surface area (Å²) in [7, 11) is 1.56. The molecule has 1 N–H and O–H groups in total. The molecule has 6 nitrogen and oxygen atoms in total. The summed E-state index contributed by atoms with van der Waals surface area (Å²) >= 11 is 1.29. The normalized spacial score (nSPS) is 10.5. The van der Waals surface area contributed by atoms with E-state index >= 15 is 0 Å². The number of nitrogens with one attached hydrogen (secondary N) is 1. The van der Waals surface area contributed by atoms with Crippen molar-refractivity contribution in [2.75, 3.05) is 25.6 Å². The van der Waals surface area contributed by atoms with Gasteiger partial charge in [-0.3, -0.25) is 4.79 Å². The number of amides is 1. The third kappa shape index (κ3) is 5.44. The van der Waals surface area contributed by atoms with E-state index in [1.165, 1.54) is 11.3 Å². The Morgan fingerprint density at radius 2 is 1.81 bits per heavy atom. The molecular formula is C24H25NO5S. The van der Waals surface area contributed by atoms with E-state index in [0.717, 1.165) is 22.3 Å². The lowest BCUT2D eigenvalue weighted by Gasteiger charge is -2.11. The van der Waals surface area contributed by atoms with Gasteiger partial charge in [0.2, 0.25) is 0 Å². The highest BCUT2D eigenvalue weighted by atomic mass is 32.1. The van der Waals surface area contributed by atoms with Crippen molar-refractivity contribution in [2.45, 2.75) is 20.8 Å². The SMILES string of the molecule is CCOC(=O)c1c(-c2ccc(C)cc2C)csc1NC(=O)COc1cccc(OC)c1. The maximum Gasteiger partial charge on any atom is 0.341 e. The number of hydrogen-bond acceptors (Lipinski definition) is 6. The molecule has 1 amide bonds. The molecule has 162 valence electrons. The predicted molar refractivity (Wildman–Crippen MR) is 122 cm³/mol. The average Bonchev–Trinajstić information content (AvgIpc) is 3.15. The van der Waals surface area contributed by atoms with E-state index in [1.807, 2.05) is 31.4 Å². The molecule has 0 saturated carbocycles. The van der Waals surface area contributed by atoms with E-state index < -0.39 is 5.97 Å². The first-order valence-electron chi connectivity index (χ1n) is 9.85. The molecule has 0 bridgehead atoms. The quantitative estimate of drug-likeness (QED) is 0.486.